The van der Waals surface area contributed by atoms with Crippen molar-refractivity contribution in [1.82, 2.24) is 9.80 Å². The second-order valence-corrected chi connectivity index (χ2v) is 6.28. The Morgan fingerprint density at radius 3 is 2.44 bits per heavy atom. The zero-order valence-electron chi connectivity index (χ0n) is 9.84. The quantitative estimate of drug-likeness (QED) is 0.653. The Labute approximate surface area is 105 Å². The number of hydrogen-bond donors (Lipinski definition) is 0. The van der Waals surface area contributed by atoms with Gasteiger partial charge in [-0.05, 0) is 12.8 Å². The van der Waals surface area contributed by atoms with Crippen LogP contribution in [0.2, 0.25) is 0 Å². The SMILES string of the molecule is O=C(CN1CC(S(=O)(=O)F)CC1=O)N1CCCC1. The van der Waals surface area contributed by atoms with Gasteiger partial charge in [0.25, 0.3) is 0 Å². The minimum absolute atomic E-state index is 0.148. The summed E-state index contributed by atoms with van der Waals surface area (Å²) in [4.78, 5) is 26.1. The van der Waals surface area contributed by atoms with Crippen LogP contribution in [0.1, 0.15) is 19.3 Å². The van der Waals surface area contributed by atoms with Crippen LogP contribution in [-0.4, -0.2) is 61.5 Å². The molecule has 2 heterocycles. The molecule has 0 radical (unpaired) electrons. The summed E-state index contributed by atoms with van der Waals surface area (Å²) in [5.41, 5.74) is 0. The molecule has 0 spiro atoms. The standard InChI is InChI=1S/C10H15FN2O4S/c11-18(16,17)8-5-9(14)13(6-8)7-10(15)12-3-1-2-4-12/h8H,1-7H2. The molecule has 2 saturated heterocycles. The fraction of sp³-hybridized carbons (Fsp3) is 0.800. The molecule has 2 fully saturated rings. The van der Waals surface area contributed by atoms with E-state index >= 15 is 0 Å². The molecule has 2 rings (SSSR count). The summed E-state index contributed by atoms with van der Waals surface area (Å²) >= 11 is 0. The van der Waals surface area contributed by atoms with Gasteiger partial charge in [-0.15, -0.1) is 3.89 Å². The zero-order chi connectivity index (χ0) is 13.3. The molecule has 0 N–H and O–H groups in total. The fourth-order valence-electron chi connectivity index (χ4n) is 2.31. The van der Waals surface area contributed by atoms with Crippen LogP contribution in [0.5, 0.6) is 0 Å². The summed E-state index contributed by atoms with van der Waals surface area (Å²) in [6, 6.07) is 0. The van der Waals surface area contributed by atoms with Gasteiger partial charge in [0.15, 0.2) is 0 Å². The van der Waals surface area contributed by atoms with Crippen molar-refractivity contribution >= 4 is 22.0 Å². The Morgan fingerprint density at radius 2 is 1.94 bits per heavy atom. The normalized spacial score (nSPS) is 24.9. The van der Waals surface area contributed by atoms with Gasteiger partial charge in [-0.3, -0.25) is 9.59 Å². The van der Waals surface area contributed by atoms with E-state index in [0.717, 1.165) is 17.7 Å². The first kappa shape index (κ1) is 13.3. The first-order chi connectivity index (χ1) is 8.38. The van der Waals surface area contributed by atoms with Crippen LogP contribution in [0.4, 0.5) is 3.89 Å². The van der Waals surface area contributed by atoms with Crippen molar-refractivity contribution in [1.29, 1.82) is 0 Å². The van der Waals surface area contributed by atoms with Crippen LogP contribution in [-0.2, 0) is 19.8 Å². The van der Waals surface area contributed by atoms with E-state index in [4.69, 9.17) is 0 Å². The average Bonchev–Trinajstić information content (AvgIpc) is 2.87. The van der Waals surface area contributed by atoms with E-state index in [2.05, 4.69) is 0 Å². The molecule has 18 heavy (non-hydrogen) atoms. The Hall–Kier alpha value is -1.18. The number of amides is 2. The number of halogens is 1. The molecule has 8 heteroatoms. The highest BCUT2D eigenvalue weighted by Crippen LogP contribution is 2.20. The molecule has 2 aliphatic heterocycles. The molecular formula is C10H15FN2O4S. The molecule has 0 aromatic heterocycles. The molecule has 0 aromatic carbocycles. The van der Waals surface area contributed by atoms with Crippen molar-refractivity contribution in [3.63, 3.8) is 0 Å². The molecule has 0 bridgehead atoms. The van der Waals surface area contributed by atoms with E-state index in [-0.39, 0.29) is 25.4 Å². The molecule has 1 atom stereocenters. The summed E-state index contributed by atoms with van der Waals surface area (Å²) in [6.07, 6.45) is 1.52. The first-order valence-electron chi connectivity index (χ1n) is 5.87. The van der Waals surface area contributed by atoms with Crippen LogP contribution in [0.25, 0.3) is 0 Å². The lowest BCUT2D eigenvalue weighted by Crippen LogP contribution is -2.40. The van der Waals surface area contributed by atoms with Gasteiger partial charge >= 0.3 is 10.2 Å². The maximum Gasteiger partial charge on any atom is 0.307 e. The Kier molecular flexibility index (Phi) is 3.56. The van der Waals surface area contributed by atoms with Gasteiger partial charge in [0, 0.05) is 26.1 Å². The maximum atomic E-state index is 12.8. The summed E-state index contributed by atoms with van der Waals surface area (Å²) < 4.78 is 34.2. The molecule has 0 aliphatic carbocycles. The lowest BCUT2D eigenvalue weighted by molar-refractivity contribution is -0.137. The van der Waals surface area contributed by atoms with Crippen molar-refractivity contribution in [3.05, 3.63) is 0 Å². The maximum absolute atomic E-state index is 12.8. The van der Waals surface area contributed by atoms with Crippen molar-refractivity contribution < 1.29 is 21.9 Å². The van der Waals surface area contributed by atoms with E-state index in [1.165, 1.54) is 0 Å². The van der Waals surface area contributed by atoms with Crippen molar-refractivity contribution in [2.75, 3.05) is 26.2 Å². The average molecular weight is 278 g/mol. The van der Waals surface area contributed by atoms with Crippen LogP contribution in [0, 0.1) is 0 Å². The van der Waals surface area contributed by atoms with Gasteiger partial charge in [0.2, 0.25) is 11.8 Å². The minimum atomic E-state index is -4.71. The van der Waals surface area contributed by atoms with Gasteiger partial charge in [-0.25, -0.2) is 0 Å². The number of carbonyl (C=O) groups is 2. The molecule has 6 nitrogen and oxygen atoms in total. The third kappa shape index (κ3) is 2.80. The summed E-state index contributed by atoms with van der Waals surface area (Å²) in [5.74, 6) is -0.675. The van der Waals surface area contributed by atoms with Gasteiger partial charge in [0.05, 0.1) is 6.54 Å². The molecule has 0 saturated carbocycles. The highest BCUT2D eigenvalue weighted by Gasteiger charge is 2.39. The van der Waals surface area contributed by atoms with E-state index in [1.54, 1.807) is 4.90 Å². The third-order valence-corrected chi connectivity index (χ3v) is 4.47. The van der Waals surface area contributed by atoms with Crippen LogP contribution < -0.4 is 0 Å². The van der Waals surface area contributed by atoms with Crippen molar-refractivity contribution in [2.24, 2.45) is 0 Å². The summed E-state index contributed by atoms with van der Waals surface area (Å²) in [5, 5.41) is -1.32. The number of carbonyl (C=O) groups excluding carboxylic acids is 2. The topological polar surface area (TPSA) is 74.8 Å². The first-order valence-corrected chi connectivity index (χ1v) is 7.31. The van der Waals surface area contributed by atoms with E-state index in [1.807, 2.05) is 0 Å². The van der Waals surface area contributed by atoms with Crippen LogP contribution in [0.15, 0.2) is 0 Å². The molecule has 2 aliphatic rings. The lowest BCUT2D eigenvalue weighted by Gasteiger charge is -2.20. The van der Waals surface area contributed by atoms with E-state index in [0.29, 0.717) is 13.1 Å². The van der Waals surface area contributed by atoms with Crippen LogP contribution >= 0.6 is 0 Å². The molecule has 1 unspecified atom stereocenters. The largest absolute Gasteiger partial charge is 0.341 e. The lowest BCUT2D eigenvalue weighted by atomic mass is 10.4. The van der Waals surface area contributed by atoms with Gasteiger partial charge < -0.3 is 9.80 Å². The van der Waals surface area contributed by atoms with E-state index in [9.17, 15) is 21.9 Å². The number of hydrogen-bond acceptors (Lipinski definition) is 4. The Morgan fingerprint density at radius 1 is 1.33 bits per heavy atom. The minimum Gasteiger partial charge on any atom is -0.341 e. The van der Waals surface area contributed by atoms with Gasteiger partial charge in [0.1, 0.15) is 5.25 Å². The zero-order valence-corrected chi connectivity index (χ0v) is 10.7. The highest BCUT2D eigenvalue weighted by atomic mass is 32.3. The second-order valence-electron chi connectivity index (χ2n) is 4.66. The highest BCUT2D eigenvalue weighted by molar-refractivity contribution is 7.87. The van der Waals surface area contributed by atoms with Gasteiger partial charge in [-0.2, -0.15) is 8.42 Å². The van der Waals surface area contributed by atoms with Crippen molar-refractivity contribution in [2.45, 2.75) is 24.5 Å². The molecule has 102 valence electrons. The predicted molar refractivity (Wildman–Crippen MR) is 60.8 cm³/mol. The Bertz CT molecular complexity index is 458. The second kappa shape index (κ2) is 4.83. The predicted octanol–water partition coefficient (Wildman–Crippen LogP) is -0.491. The summed E-state index contributed by atoms with van der Waals surface area (Å²) in [7, 11) is -4.71. The van der Waals surface area contributed by atoms with Crippen molar-refractivity contribution in [3.8, 4) is 0 Å². The van der Waals surface area contributed by atoms with Gasteiger partial charge in [-0.1, -0.05) is 0 Å². The summed E-state index contributed by atoms with van der Waals surface area (Å²) in [6.45, 7) is 0.972. The molecule has 0 aromatic rings. The number of nitrogens with zero attached hydrogens (tertiary/aromatic N) is 2. The number of rotatable bonds is 3. The molecule has 2 amide bonds. The third-order valence-electron chi connectivity index (χ3n) is 3.36. The number of likely N-dealkylation sites (tertiary alicyclic amines) is 2. The van der Waals surface area contributed by atoms with E-state index < -0.39 is 21.4 Å². The molecular weight excluding hydrogens is 263 g/mol. The van der Waals surface area contributed by atoms with Crippen LogP contribution in [0.3, 0.4) is 0 Å². The fourth-order valence-corrected chi connectivity index (χ4v) is 3.01. The smallest absolute Gasteiger partial charge is 0.307 e. The monoisotopic (exact) mass is 278 g/mol. The Balaban J connectivity index is 1.94.